The first-order valence-corrected chi connectivity index (χ1v) is 4.11. The molecule has 2 heteroatoms. The molecule has 0 saturated carbocycles. The third-order valence-electron chi connectivity index (χ3n) is 1.44. The van der Waals surface area contributed by atoms with Crippen molar-refractivity contribution in [2.75, 3.05) is 7.11 Å². The summed E-state index contributed by atoms with van der Waals surface area (Å²) in [6.45, 7) is 6.75. The SMILES string of the molecule is CO/N=C/CCCC(C)(C)C. The Hall–Kier alpha value is -0.530. The van der Waals surface area contributed by atoms with Gasteiger partial charge in [0.05, 0.1) is 0 Å². The molecule has 0 atom stereocenters. The summed E-state index contributed by atoms with van der Waals surface area (Å²) in [6, 6.07) is 0. The maximum absolute atomic E-state index is 4.54. The molecule has 0 radical (unpaired) electrons. The van der Waals surface area contributed by atoms with Crippen LogP contribution in [-0.4, -0.2) is 13.3 Å². The van der Waals surface area contributed by atoms with E-state index < -0.39 is 0 Å². The van der Waals surface area contributed by atoms with E-state index in [1.54, 1.807) is 7.11 Å². The van der Waals surface area contributed by atoms with Gasteiger partial charge in [-0.15, -0.1) is 0 Å². The molecular weight excluding hydrogens is 138 g/mol. The molecule has 0 aliphatic rings. The van der Waals surface area contributed by atoms with Crippen LogP contribution in [0.2, 0.25) is 0 Å². The van der Waals surface area contributed by atoms with Gasteiger partial charge in [-0.25, -0.2) is 0 Å². The smallest absolute Gasteiger partial charge is 0.106 e. The van der Waals surface area contributed by atoms with Crippen molar-refractivity contribution in [1.29, 1.82) is 0 Å². The molecular formula is C9H19NO. The molecule has 66 valence electrons. The van der Waals surface area contributed by atoms with E-state index in [0.717, 1.165) is 6.42 Å². The maximum Gasteiger partial charge on any atom is 0.106 e. The van der Waals surface area contributed by atoms with Gasteiger partial charge in [0.15, 0.2) is 0 Å². The summed E-state index contributed by atoms with van der Waals surface area (Å²) >= 11 is 0. The van der Waals surface area contributed by atoms with Gasteiger partial charge in [-0.2, -0.15) is 0 Å². The first-order chi connectivity index (χ1) is 5.06. The molecule has 0 rings (SSSR count). The fourth-order valence-corrected chi connectivity index (χ4v) is 0.851. The largest absolute Gasteiger partial charge is 0.399 e. The predicted octanol–water partition coefficient (Wildman–Crippen LogP) is 2.84. The highest BCUT2D eigenvalue weighted by atomic mass is 16.6. The summed E-state index contributed by atoms with van der Waals surface area (Å²) in [4.78, 5) is 4.54. The van der Waals surface area contributed by atoms with Crippen LogP contribution >= 0.6 is 0 Å². The highest BCUT2D eigenvalue weighted by Gasteiger charge is 2.07. The van der Waals surface area contributed by atoms with E-state index in [1.807, 2.05) is 6.21 Å². The zero-order chi connectivity index (χ0) is 8.74. The summed E-state index contributed by atoms with van der Waals surface area (Å²) < 4.78 is 0. The molecule has 0 fully saturated rings. The van der Waals surface area contributed by atoms with Gasteiger partial charge in [0.1, 0.15) is 7.11 Å². The van der Waals surface area contributed by atoms with Crippen LogP contribution in [-0.2, 0) is 4.84 Å². The molecule has 0 amide bonds. The van der Waals surface area contributed by atoms with Crippen molar-refractivity contribution in [3.63, 3.8) is 0 Å². The number of hydrogen-bond acceptors (Lipinski definition) is 2. The van der Waals surface area contributed by atoms with Gasteiger partial charge in [-0.1, -0.05) is 25.9 Å². The van der Waals surface area contributed by atoms with E-state index in [0.29, 0.717) is 5.41 Å². The average Bonchev–Trinajstić information content (AvgIpc) is 1.85. The van der Waals surface area contributed by atoms with Crippen molar-refractivity contribution in [3.8, 4) is 0 Å². The predicted molar refractivity (Wildman–Crippen MR) is 48.8 cm³/mol. The standard InChI is InChI=1S/C9H19NO/c1-9(2,3)7-5-6-8-10-11-4/h8H,5-7H2,1-4H3/b10-8+. The molecule has 0 aromatic carbocycles. The van der Waals surface area contributed by atoms with E-state index in [4.69, 9.17) is 0 Å². The molecule has 0 N–H and O–H groups in total. The molecule has 0 bridgehead atoms. The molecule has 11 heavy (non-hydrogen) atoms. The van der Waals surface area contributed by atoms with Gasteiger partial charge in [0, 0.05) is 6.21 Å². The Kier molecular flexibility index (Phi) is 4.92. The summed E-state index contributed by atoms with van der Waals surface area (Å²) in [6.07, 6.45) is 5.27. The van der Waals surface area contributed by atoms with E-state index in [-0.39, 0.29) is 0 Å². The minimum atomic E-state index is 0.445. The fraction of sp³-hybridized carbons (Fsp3) is 0.889. The van der Waals surface area contributed by atoms with Crippen molar-refractivity contribution >= 4 is 6.21 Å². The number of hydrogen-bond donors (Lipinski definition) is 0. The third-order valence-corrected chi connectivity index (χ3v) is 1.44. The zero-order valence-electron chi connectivity index (χ0n) is 8.05. The van der Waals surface area contributed by atoms with Gasteiger partial charge in [0.25, 0.3) is 0 Å². The van der Waals surface area contributed by atoms with E-state index in [9.17, 15) is 0 Å². The van der Waals surface area contributed by atoms with E-state index in [1.165, 1.54) is 12.8 Å². The van der Waals surface area contributed by atoms with Crippen molar-refractivity contribution in [1.82, 2.24) is 0 Å². The summed E-state index contributed by atoms with van der Waals surface area (Å²) in [7, 11) is 1.57. The second kappa shape index (κ2) is 5.16. The molecule has 0 aromatic heterocycles. The second-order valence-electron chi connectivity index (χ2n) is 3.92. The quantitative estimate of drug-likeness (QED) is 0.349. The van der Waals surface area contributed by atoms with E-state index in [2.05, 4.69) is 30.8 Å². The lowest BCUT2D eigenvalue weighted by Gasteiger charge is -2.16. The van der Waals surface area contributed by atoms with Crippen molar-refractivity contribution in [2.45, 2.75) is 40.0 Å². The molecule has 2 nitrogen and oxygen atoms in total. The van der Waals surface area contributed by atoms with Crippen LogP contribution in [0.3, 0.4) is 0 Å². The topological polar surface area (TPSA) is 21.6 Å². The molecule has 0 aliphatic carbocycles. The molecule has 0 aliphatic heterocycles. The lowest BCUT2D eigenvalue weighted by Crippen LogP contribution is -2.03. The zero-order valence-corrected chi connectivity index (χ0v) is 8.05. The van der Waals surface area contributed by atoms with Crippen LogP contribution in [0.1, 0.15) is 40.0 Å². The van der Waals surface area contributed by atoms with Gasteiger partial charge >= 0.3 is 0 Å². The summed E-state index contributed by atoms with van der Waals surface area (Å²) in [5.41, 5.74) is 0.445. The third kappa shape index (κ3) is 9.47. The molecule has 0 saturated heterocycles. The Bertz CT molecular complexity index is 113. The molecule has 0 heterocycles. The molecule has 0 unspecified atom stereocenters. The molecule has 0 spiro atoms. The van der Waals surface area contributed by atoms with Crippen LogP contribution in [0.25, 0.3) is 0 Å². The summed E-state index contributed by atoms with van der Waals surface area (Å²) in [5, 5.41) is 3.67. The van der Waals surface area contributed by atoms with Crippen LogP contribution < -0.4 is 0 Å². The minimum absolute atomic E-state index is 0.445. The summed E-state index contributed by atoms with van der Waals surface area (Å²) in [5.74, 6) is 0. The van der Waals surface area contributed by atoms with Crippen molar-refractivity contribution in [3.05, 3.63) is 0 Å². The van der Waals surface area contributed by atoms with Gasteiger partial charge in [-0.05, 0) is 24.7 Å². The van der Waals surface area contributed by atoms with Gasteiger partial charge in [0.2, 0.25) is 0 Å². The normalized spacial score (nSPS) is 12.4. The monoisotopic (exact) mass is 157 g/mol. The lowest BCUT2D eigenvalue weighted by atomic mass is 9.90. The first-order valence-electron chi connectivity index (χ1n) is 4.11. The van der Waals surface area contributed by atoms with Gasteiger partial charge in [-0.3, -0.25) is 0 Å². The number of unbranched alkanes of at least 4 members (excludes halogenated alkanes) is 1. The lowest BCUT2D eigenvalue weighted by molar-refractivity contribution is 0.214. The Labute approximate surface area is 69.6 Å². The highest BCUT2D eigenvalue weighted by Crippen LogP contribution is 2.20. The van der Waals surface area contributed by atoms with Crippen LogP contribution in [0.5, 0.6) is 0 Å². The highest BCUT2D eigenvalue weighted by molar-refractivity contribution is 5.56. The van der Waals surface area contributed by atoms with Crippen LogP contribution in [0.15, 0.2) is 5.16 Å². The average molecular weight is 157 g/mol. The van der Waals surface area contributed by atoms with Gasteiger partial charge < -0.3 is 4.84 Å². The maximum atomic E-state index is 4.54. The number of oxime groups is 1. The Morgan fingerprint density at radius 3 is 2.45 bits per heavy atom. The first kappa shape index (κ1) is 10.5. The fourth-order valence-electron chi connectivity index (χ4n) is 0.851. The number of nitrogens with zero attached hydrogens (tertiary/aromatic N) is 1. The van der Waals surface area contributed by atoms with Crippen LogP contribution in [0, 0.1) is 5.41 Å². The van der Waals surface area contributed by atoms with E-state index >= 15 is 0 Å². The van der Waals surface area contributed by atoms with Crippen LogP contribution in [0.4, 0.5) is 0 Å². The Morgan fingerprint density at radius 1 is 1.36 bits per heavy atom. The minimum Gasteiger partial charge on any atom is -0.399 e. The Balaban J connectivity index is 3.21. The van der Waals surface area contributed by atoms with Crippen molar-refractivity contribution in [2.24, 2.45) is 10.6 Å². The molecule has 0 aromatic rings. The second-order valence-corrected chi connectivity index (χ2v) is 3.92. The van der Waals surface area contributed by atoms with Crippen molar-refractivity contribution < 1.29 is 4.84 Å². The number of rotatable bonds is 4. The Morgan fingerprint density at radius 2 is 2.00 bits per heavy atom.